The summed E-state index contributed by atoms with van der Waals surface area (Å²) in [6, 6.07) is 8.06. The second-order valence-electron chi connectivity index (χ2n) is 16.1. The lowest BCUT2D eigenvalue weighted by Crippen LogP contribution is -2.27. The fourth-order valence-corrected chi connectivity index (χ4v) is 7.02. The molecule has 4 heterocycles. The van der Waals surface area contributed by atoms with E-state index >= 15 is 0 Å². The third-order valence-corrected chi connectivity index (χ3v) is 9.84. The van der Waals surface area contributed by atoms with Gasteiger partial charge in [-0.05, 0) is 84.4 Å². The van der Waals surface area contributed by atoms with E-state index in [1.807, 2.05) is 29.7 Å². The van der Waals surface area contributed by atoms with Gasteiger partial charge in [-0.25, -0.2) is 14.8 Å². The number of anilines is 3. The zero-order valence-electron chi connectivity index (χ0n) is 38.6. The molecule has 0 saturated heterocycles. The van der Waals surface area contributed by atoms with Crippen LogP contribution < -0.4 is 31.2 Å². The number of benzene rings is 2. The van der Waals surface area contributed by atoms with E-state index in [-0.39, 0.29) is 56.0 Å². The summed E-state index contributed by atoms with van der Waals surface area (Å²) in [4.78, 5) is 71.9. The SMILES string of the molecule is CCOC(=O)CCCOc1cc(C=O)cc2nc(NC)n(C/C=C/Cn3c(NC(=O)c4cc(C)nn4CC)nc4cc(C(N)=O)cc(OC/C=C/Cn5cc(NC(=O)OC(C)(C)C)cn5)c43)c12. The van der Waals surface area contributed by atoms with Gasteiger partial charge in [0.25, 0.3) is 5.91 Å². The first-order valence-electron chi connectivity index (χ1n) is 21.7. The summed E-state index contributed by atoms with van der Waals surface area (Å²) in [6.07, 6.45) is 11.3. The van der Waals surface area contributed by atoms with Gasteiger partial charge in [-0.2, -0.15) is 10.2 Å². The van der Waals surface area contributed by atoms with Crippen molar-refractivity contribution in [2.45, 2.75) is 86.2 Å². The predicted octanol–water partition coefficient (Wildman–Crippen LogP) is 6.27. The minimum absolute atomic E-state index is 0.0683. The summed E-state index contributed by atoms with van der Waals surface area (Å²) in [5.41, 5.74) is 9.10. The lowest BCUT2D eigenvalue weighted by Gasteiger charge is -2.19. The standard InChI is InChI=1S/C46H56N12O9/c1-8-58-35(21-29(3)54-58)42(62)53-44-52-34-24-31(41(47)61)25-37(65-19-13-12-16-55-27-32(26-49-55)50-45(63)67-46(4,5)6)40(34)57(44)18-11-10-17-56-39-33(51-43(56)48-7)22-30(28-59)23-36(39)66-20-14-15-38(60)64-9-2/h10-13,21-28H,8-9,14-20H2,1-7H3,(H2,47,61)(H,48,51)(H,50,63)(H,52,53,62)/b11-10+,13-12+. The molecule has 0 unspecified atom stereocenters. The van der Waals surface area contributed by atoms with Crippen molar-refractivity contribution < 1.29 is 42.9 Å². The minimum atomic E-state index is -0.699. The molecule has 5 N–H and O–H groups in total. The Hall–Kier alpha value is -7.97. The molecule has 21 heteroatoms. The minimum Gasteiger partial charge on any atom is -0.491 e. The Labute approximate surface area is 386 Å². The van der Waals surface area contributed by atoms with Gasteiger partial charge in [-0.15, -0.1) is 0 Å². The first-order chi connectivity index (χ1) is 32.1. The van der Waals surface area contributed by atoms with E-state index in [1.54, 1.807) is 86.1 Å². The highest BCUT2D eigenvalue weighted by Crippen LogP contribution is 2.33. The number of ether oxygens (including phenoxy) is 4. The molecule has 0 atom stereocenters. The predicted molar refractivity (Wildman–Crippen MR) is 251 cm³/mol. The number of allylic oxidation sites excluding steroid dienone is 3. The first kappa shape index (κ1) is 48.5. The number of amides is 3. The van der Waals surface area contributed by atoms with E-state index in [0.29, 0.717) is 82.5 Å². The molecule has 0 aliphatic rings. The number of fused-ring (bicyclic) bond motifs is 2. The number of aryl methyl sites for hydroxylation is 2. The Kier molecular flexibility index (Phi) is 15.8. The van der Waals surface area contributed by atoms with Crippen LogP contribution in [-0.2, 0) is 40.4 Å². The molecule has 0 radical (unpaired) electrons. The van der Waals surface area contributed by atoms with Crippen LogP contribution in [0.1, 0.15) is 84.4 Å². The van der Waals surface area contributed by atoms with Crippen molar-refractivity contribution in [3.8, 4) is 11.5 Å². The number of hydrogen-bond donors (Lipinski definition) is 4. The van der Waals surface area contributed by atoms with Crippen molar-refractivity contribution in [1.82, 2.24) is 38.7 Å². The molecular weight excluding hydrogens is 865 g/mol. The lowest BCUT2D eigenvalue weighted by atomic mass is 10.1. The van der Waals surface area contributed by atoms with E-state index in [0.717, 1.165) is 6.29 Å². The summed E-state index contributed by atoms with van der Waals surface area (Å²) in [7, 11) is 1.73. The largest absolute Gasteiger partial charge is 0.491 e. The summed E-state index contributed by atoms with van der Waals surface area (Å²) in [5, 5.41) is 17.4. The second-order valence-corrected chi connectivity index (χ2v) is 16.1. The molecular formula is C46H56N12O9. The Morgan fingerprint density at radius 3 is 2.21 bits per heavy atom. The molecule has 0 aliphatic carbocycles. The molecule has 6 aromatic rings. The summed E-state index contributed by atoms with van der Waals surface area (Å²) in [6.45, 7) is 12.6. The maximum absolute atomic E-state index is 13.8. The van der Waals surface area contributed by atoms with Crippen LogP contribution in [0.4, 0.5) is 22.4 Å². The number of hydrogen-bond acceptors (Lipinski definition) is 14. The normalized spacial score (nSPS) is 11.7. The van der Waals surface area contributed by atoms with Crippen LogP contribution in [0.25, 0.3) is 22.1 Å². The van der Waals surface area contributed by atoms with Gasteiger partial charge in [0.15, 0.2) is 0 Å². The topological polar surface area (TPSA) is 256 Å². The molecule has 354 valence electrons. The molecule has 3 amide bonds. The van der Waals surface area contributed by atoms with E-state index in [9.17, 15) is 24.0 Å². The molecule has 2 aromatic carbocycles. The molecule has 21 nitrogen and oxygen atoms in total. The van der Waals surface area contributed by atoms with E-state index in [4.69, 9.17) is 34.6 Å². The fourth-order valence-electron chi connectivity index (χ4n) is 7.02. The number of nitrogens with zero attached hydrogens (tertiary/aromatic N) is 8. The molecule has 0 saturated carbocycles. The van der Waals surface area contributed by atoms with Crippen molar-refractivity contribution in [3.05, 3.63) is 89.5 Å². The van der Waals surface area contributed by atoms with Crippen LogP contribution in [0.3, 0.4) is 0 Å². The van der Waals surface area contributed by atoms with Gasteiger partial charge in [0.1, 0.15) is 46.7 Å². The highest BCUT2D eigenvalue weighted by atomic mass is 16.6. The van der Waals surface area contributed by atoms with Crippen LogP contribution >= 0.6 is 0 Å². The van der Waals surface area contributed by atoms with Gasteiger partial charge in [0.2, 0.25) is 17.8 Å². The highest BCUT2D eigenvalue weighted by molar-refractivity contribution is 6.04. The first-order valence-corrected chi connectivity index (χ1v) is 21.7. The number of nitrogens with one attached hydrogen (secondary N) is 3. The van der Waals surface area contributed by atoms with Gasteiger partial charge in [0, 0.05) is 50.4 Å². The molecule has 0 spiro atoms. The number of esters is 1. The molecule has 67 heavy (non-hydrogen) atoms. The number of rotatable bonds is 22. The summed E-state index contributed by atoms with van der Waals surface area (Å²) < 4.78 is 29.6. The van der Waals surface area contributed by atoms with Crippen molar-refractivity contribution in [2.24, 2.45) is 5.73 Å². The number of imidazole rings is 2. The zero-order valence-corrected chi connectivity index (χ0v) is 38.6. The maximum atomic E-state index is 13.8. The lowest BCUT2D eigenvalue weighted by molar-refractivity contribution is -0.143. The third-order valence-electron chi connectivity index (χ3n) is 9.84. The molecule has 6 rings (SSSR count). The van der Waals surface area contributed by atoms with Gasteiger partial charge < -0.3 is 39.1 Å². The maximum Gasteiger partial charge on any atom is 0.412 e. The molecule has 0 bridgehead atoms. The number of carbonyl (C=O) groups excluding carboxylic acids is 5. The number of aldehydes is 1. The summed E-state index contributed by atoms with van der Waals surface area (Å²) >= 11 is 0. The zero-order chi connectivity index (χ0) is 48.3. The average molecular weight is 921 g/mol. The fraction of sp³-hybridized carbons (Fsp3) is 0.370. The summed E-state index contributed by atoms with van der Waals surface area (Å²) in [5.74, 6) is -0.0807. The molecule has 0 fully saturated rings. The van der Waals surface area contributed by atoms with Crippen LogP contribution in [0, 0.1) is 6.92 Å². The Balaban J connectivity index is 1.28. The average Bonchev–Trinajstić information content (AvgIpc) is 4.06. The number of aromatic nitrogens is 8. The van der Waals surface area contributed by atoms with Gasteiger partial charge >= 0.3 is 12.1 Å². The number of carbonyl (C=O) groups is 5. The van der Waals surface area contributed by atoms with Crippen molar-refractivity contribution in [1.29, 1.82) is 0 Å². The molecule has 0 aliphatic heterocycles. The van der Waals surface area contributed by atoms with Crippen molar-refractivity contribution in [2.75, 3.05) is 42.8 Å². The van der Waals surface area contributed by atoms with Crippen molar-refractivity contribution in [3.63, 3.8) is 0 Å². The van der Waals surface area contributed by atoms with Gasteiger partial charge in [0.05, 0.1) is 48.4 Å². The van der Waals surface area contributed by atoms with Crippen LogP contribution in [0.2, 0.25) is 0 Å². The van der Waals surface area contributed by atoms with E-state index < -0.39 is 23.5 Å². The van der Waals surface area contributed by atoms with Crippen LogP contribution in [0.5, 0.6) is 11.5 Å². The third kappa shape index (κ3) is 12.4. The Bertz CT molecular complexity index is 2820. The monoisotopic (exact) mass is 920 g/mol. The number of primary amides is 1. The Morgan fingerprint density at radius 2 is 1.54 bits per heavy atom. The van der Waals surface area contributed by atoms with E-state index in [1.165, 1.54) is 18.3 Å². The van der Waals surface area contributed by atoms with Crippen molar-refractivity contribution >= 4 is 69.8 Å². The smallest absolute Gasteiger partial charge is 0.412 e. The van der Waals surface area contributed by atoms with E-state index in [2.05, 4.69) is 26.1 Å². The second kappa shape index (κ2) is 21.8. The van der Waals surface area contributed by atoms with Crippen LogP contribution in [-0.4, -0.2) is 101 Å². The van der Waals surface area contributed by atoms with Gasteiger partial charge in [-0.1, -0.05) is 18.2 Å². The molecule has 4 aromatic heterocycles. The quantitative estimate of drug-likeness (QED) is 0.0253. The Morgan fingerprint density at radius 1 is 0.851 bits per heavy atom. The van der Waals surface area contributed by atoms with Gasteiger partial charge in [-0.3, -0.25) is 39.2 Å². The number of nitrogens with two attached hydrogens (primary N) is 1. The van der Waals surface area contributed by atoms with Crippen LogP contribution in [0.15, 0.2) is 67.0 Å². The highest BCUT2D eigenvalue weighted by Gasteiger charge is 2.23.